The highest BCUT2D eigenvalue weighted by molar-refractivity contribution is 9.10. The number of hydrazine groups is 1. The van der Waals surface area contributed by atoms with E-state index in [1.165, 1.54) is 6.07 Å². The van der Waals surface area contributed by atoms with Crippen LogP contribution in [-0.2, 0) is 14.8 Å². The molecule has 1 aliphatic rings. The number of nitrogens with one attached hydrogen (secondary N) is 1. The zero-order valence-electron chi connectivity index (χ0n) is 10.5. The van der Waals surface area contributed by atoms with Crippen molar-refractivity contribution in [2.45, 2.75) is 11.8 Å². The minimum absolute atomic E-state index is 0.194. The van der Waals surface area contributed by atoms with E-state index < -0.39 is 10.0 Å². The molecule has 6 nitrogen and oxygen atoms in total. The maximum absolute atomic E-state index is 12.3. The molecular formula is C11H16BrN3O3S. The summed E-state index contributed by atoms with van der Waals surface area (Å²) >= 11 is 3.28. The summed E-state index contributed by atoms with van der Waals surface area (Å²) in [6.07, 6.45) is 0. The molecule has 0 unspecified atom stereocenters. The van der Waals surface area contributed by atoms with Gasteiger partial charge in [-0.3, -0.25) is 0 Å². The highest BCUT2D eigenvalue weighted by atomic mass is 79.9. The number of hydrogen-bond acceptors (Lipinski definition) is 5. The molecule has 0 spiro atoms. The number of sulfonamides is 1. The number of ether oxygens (including phenoxy) is 1. The molecule has 1 aliphatic heterocycles. The lowest BCUT2D eigenvalue weighted by molar-refractivity contribution is 0.0272. The fourth-order valence-corrected chi connectivity index (χ4v) is 3.68. The lowest BCUT2D eigenvalue weighted by Gasteiger charge is -2.27. The number of rotatable bonds is 3. The van der Waals surface area contributed by atoms with Crippen LogP contribution in [0.5, 0.6) is 0 Å². The van der Waals surface area contributed by atoms with E-state index in [4.69, 9.17) is 10.5 Å². The van der Waals surface area contributed by atoms with Gasteiger partial charge in [0.15, 0.2) is 0 Å². The van der Waals surface area contributed by atoms with Gasteiger partial charge in [0.05, 0.1) is 18.1 Å². The van der Waals surface area contributed by atoms with E-state index in [2.05, 4.69) is 20.8 Å². The number of halogens is 1. The van der Waals surface area contributed by atoms with E-state index in [-0.39, 0.29) is 4.90 Å². The third-order valence-corrected chi connectivity index (χ3v) is 5.05. The first-order valence-electron chi connectivity index (χ1n) is 5.81. The van der Waals surface area contributed by atoms with Gasteiger partial charge in [-0.15, -0.1) is 4.83 Å². The van der Waals surface area contributed by atoms with Crippen molar-refractivity contribution in [3.05, 3.63) is 22.2 Å². The Morgan fingerprint density at radius 2 is 2.00 bits per heavy atom. The Balaban J connectivity index is 2.26. The van der Waals surface area contributed by atoms with Crippen LogP contribution in [0.4, 0.5) is 5.69 Å². The Kier molecular flexibility index (Phi) is 4.46. The minimum Gasteiger partial charge on any atom is -0.398 e. The molecule has 0 radical (unpaired) electrons. The summed E-state index contributed by atoms with van der Waals surface area (Å²) in [6, 6.07) is 3.16. The van der Waals surface area contributed by atoms with Crippen LogP contribution in [-0.4, -0.2) is 39.7 Å². The molecule has 0 amide bonds. The first-order chi connectivity index (χ1) is 8.90. The molecule has 1 aromatic rings. The van der Waals surface area contributed by atoms with Crippen molar-refractivity contribution in [3.8, 4) is 0 Å². The van der Waals surface area contributed by atoms with Crippen molar-refractivity contribution in [2.75, 3.05) is 32.0 Å². The number of morpholine rings is 1. The van der Waals surface area contributed by atoms with Gasteiger partial charge in [0.25, 0.3) is 10.0 Å². The lowest BCUT2D eigenvalue weighted by atomic mass is 10.2. The second-order valence-electron chi connectivity index (χ2n) is 4.33. The van der Waals surface area contributed by atoms with Crippen molar-refractivity contribution < 1.29 is 13.2 Å². The van der Waals surface area contributed by atoms with E-state index in [1.54, 1.807) is 18.0 Å². The van der Waals surface area contributed by atoms with Gasteiger partial charge in [0.1, 0.15) is 0 Å². The van der Waals surface area contributed by atoms with Gasteiger partial charge in [0, 0.05) is 23.2 Å². The van der Waals surface area contributed by atoms with Gasteiger partial charge < -0.3 is 10.5 Å². The van der Waals surface area contributed by atoms with E-state index in [0.29, 0.717) is 42.0 Å². The SMILES string of the molecule is Cc1cc(Br)c(N)cc1S(=O)(=O)NN1CCOCC1. The lowest BCUT2D eigenvalue weighted by Crippen LogP contribution is -2.48. The van der Waals surface area contributed by atoms with Crippen molar-refractivity contribution in [3.63, 3.8) is 0 Å². The number of benzene rings is 1. The molecular weight excluding hydrogens is 334 g/mol. The summed E-state index contributed by atoms with van der Waals surface area (Å²) in [6.45, 7) is 3.83. The summed E-state index contributed by atoms with van der Waals surface area (Å²) in [5, 5.41) is 1.64. The van der Waals surface area contributed by atoms with Gasteiger partial charge >= 0.3 is 0 Å². The summed E-state index contributed by atoms with van der Waals surface area (Å²) in [5.41, 5.74) is 6.78. The third kappa shape index (κ3) is 3.46. The number of nitrogens with two attached hydrogens (primary N) is 1. The average Bonchev–Trinajstić information content (AvgIpc) is 2.34. The number of anilines is 1. The highest BCUT2D eigenvalue weighted by Crippen LogP contribution is 2.26. The van der Waals surface area contributed by atoms with E-state index in [9.17, 15) is 8.42 Å². The smallest absolute Gasteiger partial charge is 0.253 e. The Hall–Kier alpha value is -0.670. The fourth-order valence-electron chi connectivity index (χ4n) is 1.83. The molecule has 3 N–H and O–H groups in total. The zero-order chi connectivity index (χ0) is 14.0. The number of nitrogens with zero attached hydrogens (tertiary/aromatic N) is 1. The van der Waals surface area contributed by atoms with Crippen LogP contribution in [0.2, 0.25) is 0 Å². The van der Waals surface area contributed by atoms with E-state index in [0.717, 1.165) is 0 Å². The standard InChI is InChI=1S/C11H16BrN3O3S/c1-8-6-9(12)10(13)7-11(8)19(16,17)14-15-2-4-18-5-3-15/h6-7,14H,2-5,13H2,1H3. The predicted molar refractivity (Wildman–Crippen MR) is 76.0 cm³/mol. The third-order valence-electron chi connectivity index (χ3n) is 2.84. The van der Waals surface area contributed by atoms with Crippen LogP contribution in [0.15, 0.2) is 21.5 Å². The topological polar surface area (TPSA) is 84.7 Å². The first-order valence-corrected chi connectivity index (χ1v) is 8.08. The first kappa shape index (κ1) is 14.7. The molecule has 8 heteroatoms. The Morgan fingerprint density at radius 3 is 2.63 bits per heavy atom. The Labute approximate surface area is 121 Å². The summed E-state index contributed by atoms with van der Waals surface area (Å²) in [5.74, 6) is 0. The summed E-state index contributed by atoms with van der Waals surface area (Å²) in [7, 11) is -3.61. The molecule has 0 saturated carbocycles. The molecule has 106 valence electrons. The van der Waals surface area contributed by atoms with Crippen LogP contribution in [0.3, 0.4) is 0 Å². The molecule has 0 atom stereocenters. The predicted octanol–water partition coefficient (Wildman–Crippen LogP) is 0.865. The van der Waals surface area contributed by atoms with Crippen LogP contribution in [0.25, 0.3) is 0 Å². The quantitative estimate of drug-likeness (QED) is 0.790. The number of nitrogen functional groups attached to an aromatic ring is 1. The van der Waals surface area contributed by atoms with Gasteiger partial charge in [-0.25, -0.2) is 13.4 Å². The average molecular weight is 350 g/mol. The zero-order valence-corrected chi connectivity index (χ0v) is 12.9. The van der Waals surface area contributed by atoms with Crippen molar-refractivity contribution >= 4 is 31.6 Å². The van der Waals surface area contributed by atoms with Gasteiger partial charge in [-0.05, 0) is 40.5 Å². The van der Waals surface area contributed by atoms with Crippen molar-refractivity contribution in [1.29, 1.82) is 0 Å². The van der Waals surface area contributed by atoms with Gasteiger partial charge in [0.2, 0.25) is 0 Å². The number of hydrogen-bond donors (Lipinski definition) is 2. The second-order valence-corrected chi connectivity index (χ2v) is 6.82. The van der Waals surface area contributed by atoms with Crippen LogP contribution >= 0.6 is 15.9 Å². The molecule has 0 bridgehead atoms. The minimum atomic E-state index is -3.61. The molecule has 1 heterocycles. The Morgan fingerprint density at radius 1 is 1.37 bits per heavy atom. The van der Waals surface area contributed by atoms with E-state index >= 15 is 0 Å². The molecule has 0 aliphatic carbocycles. The molecule has 1 fully saturated rings. The van der Waals surface area contributed by atoms with Gasteiger partial charge in [-0.2, -0.15) is 0 Å². The second kappa shape index (κ2) is 5.76. The van der Waals surface area contributed by atoms with Crippen molar-refractivity contribution in [1.82, 2.24) is 9.84 Å². The maximum Gasteiger partial charge on any atom is 0.253 e. The van der Waals surface area contributed by atoms with Crippen LogP contribution in [0, 0.1) is 6.92 Å². The van der Waals surface area contributed by atoms with Crippen LogP contribution < -0.4 is 10.6 Å². The van der Waals surface area contributed by atoms with Crippen molar-refractivity contribution in [2.24, 2.45) is 0 Å². The summed E-state index contributed by atoms with van der Waals surface area (Å²) in [4.78, 5) is 2.75. The normalized spacial score (nSPS) is 17.6. The monoisotopic (exact) mass is 349 g/mol. The molecule has 2 rings (SSSR count). The molecule has 1 saturated heterocycles. The largest absolute Gasteiger partial charge is 0.398 e. The molecule has 1 aromatic carbocycles. The summed E-state index contributed by atoms with van der Waals surface area (Å²) < 4.78 is 30.5. The highest BCUT2D eigenvalue weighted by Gasteiger charge is 2.22. The molecule has 0 aromatic heterocycles. The molecule has 19 heavy (non-hydrogen) atoms. The maximum atomic E-state index is 12.3. The van der Waals surface area contributed by atoms with Crippen LogP contribution in [0.1, 0.15) is 5.56 Å². The Bertz CT molecular complexity index is 571. The fraction of sp³-hybridized carbons (Fsp3) is 0.455. The van der Waals surface area contributed by atoms with Gasteiger partial charge in [-0.1, -0.05) is 0 Å². The van der Waals surface area contributed by atoms with E-state index in [1.807, 2.05) is 0 Å². The number of aryl methyl sites for hydroxylation is 1.